The molecule has 0 saturated heterocycles. The van der Waals surface area contributed by atoms with Gasteiger partial charge in [0, 0.05) is 32.2 Å². The lowest BCUT2D eigenvalue weighted by molar-refractivity contribution is 0.189. The Hall–Kier alpha value is -2.13. The molecule has 0 amide bonds. The first-order valence-electron chi connectivity index (χ1n) is 7.33. The molecule has 0 saturated carbocycles. The van der Waals surface area contributed by atoms with Gasteiger partial charge in [0.2, 0.25) is 0 Å². The van der Waals surface area contributed by atoms with Gasteiger partial charge in [-0.25, -0.2) is 9.48 Å². The van der Waals surface area contributed by atoms with Gasteiger partial charge in [-0.1, -0.05) is 17.8 Å². The molecule has 3 rings (SSSR count). The zero-order valence-electron chi connectivity index (χ0n) is 12.8. The van der Waals surface area contributed by atoms with Crippen LogP contribution in [0.3, 0.4) is 0 Å². The molecule has 0 spiro atoms. The fourth-order valence-corrected chi connectivity index (χ4v) is 3.08. The van der Waals surface area contributed by atoms with E-state index in [1.165, 1.54) is 9.08 Å². The molecule has 23 heavy (non-hydrogen) atoms. The number of methoxy groups -OCH3 is 1. The lowest BCUT2D eigenvalue weighted by Crippen LogP contribution is -2.22. The van der Waals surface area contributed by atoms with Crippen molar-refractivity contribution >= 4 is 17.4 Å². The van der Waals surface area contributed by atoms with Crippen LogP contribution in [0.15, 0.2) is 40.7 Å². The highest BCUT2D eigenvalue weighted by Gasteiger charge is 2.08. The second-order valence-electron chi connectivity index (χ2n) is 4.94. The van der Waals surface area contributed by atoms with Gasteiger partial charge in [0.15, 0.2) is 10.8 Å². The van der Waals surface area contributed by atoms with Crippen molar-refractivity contribution in [2.75, 3.05) is 19.5 Å². The predicted octanol–water partition coefficient (Wildman–Crippen LogP) is 0.916. The first-order valence-corrected chi connectivity index (χ1v) is 8.32. The first kappa shape index (κ1) is 15.8. The van der Waals surface area contributed by atoms with Crippen molar-refractivity contribution in [3.05, 3.63) is 41.2 Å². The van der Waals surface area contributed by atoms with Gasteiger partial charge in [-0.05, 0) is 18.6 Å². The van der Waals surface area contributed by atoms with Gasteiger partial charge >= 0.3 is 5.69 Å². The van der Waals surface area contributed by atoms with E-state index in [9.17, 15) is 4.79 Å². The standard InChI is InChI=1S/C14H18N6O2S/c1-22-9-4-6-18-11-15-16-13(18)23-10-8-20-14(21)19-7-3-2-5-12(19)17-20/h2-3,5,7,11H,4,6,8-10H2,1H3. The van der Waals surface area contributed by atoms with Gasteiger partial charge in [-0.2, -0.15) is 0 Å². The fourth-order valence-electron chi connectivity index (χ4n) is 2.23. The topological polar surface area (TPSA) is 79.2 Å². The Labute approximate surface area is 137 Å². The number of nitrogens with zero attached hydrogens (tertiary/aromatic N) is 6. The molecule has 0 aromatic carbocycles. The highest BCUT2D eigenvalue weighted by molar-refractivity contribution is 7.99. The molecule has 0 fully saturated rings. The first-order chi connectivity index (χ1) is 11.3. The Morgan fingerprint density at radius 1 is 1.30 bits per heavy atom. The maximum Gasteiger partial charge on any atom is 0.350 e. The van der Waals surface area contributed by atoms with Gasteiger partial charge in [-0.15, -0.1) is 15.3 Å². The minimum absolute atomic E-state index is 0.122. The van der Waals surface area contributed by atoms with E-state index in [4.69, 9.17) is 4.74 Å². The van der Waals surface area contributed by atoms with Crippen LogP contribution >= 0.6 is 11.8 Å². The number of hydrogen-bond donors (Lipinski definition) is 0. The third-order valence-electron chi connectivity index (χ3n) is 3.35. The van der Waals surface area contributed by atoms with Crippen molar-refractivity contribution in [3.63, 3.8) is 0 Å². The number of ether oxygens (including phenoxy) is 1. The van der Waals surface area contributed by atoms with Gasteiger partial charge in [0.05, 0.1) is 6.54 Å². The van der Waals surface area contributed by atoms with Crippen molar-refractivity contribution in [1.29, 1.82) is 0 Å². The smallest absolute Gasteiger partial charge is 0.350 e. The van der Waals surface area contributed by atoms with Crippen molar-refractivity contribution in [2.24, 2.45) is 0 Å². The van der Waals surface area contributed by atoms with Crippen LogP contribution in [0, 0.1) is 0 Å². The molecule has 3 aromatic rings. The average Bonchev–Trinajstić information content (AvgIpc) is 3.14. The number of hydrogen-bond acceptors (Lipinski definition) is 6. The van der Waals surface area contributed by atoms with E-state index in [2.05, 4.69) is 15.3 Å². The Bertz CT molecular complexity index is 824. The molecule has 0 aliphatic rings. The summed E-state index contributed by atoms with van der Waals surface area (Å²) in [6.45, 7) is 2.05. The molecule has 3 aromatic heterocycles. The summed E-state index contributed by atoms with van der Waals surface area (Å²) in [5.74, 6) is 0.701. The molecular weight excluding hydrogens is 316 g/mol. The largest absolute Gasteiger partial charge is 0.385 e. The van der Waals surface area contributed by atoms with Crippen molar-refractivity contribution in [3.8, 4) is 0 Å². The summed E-state index contributed by atoms with van der Waals surface area (Å²) < 4.78 is 10.1. The Morgan fingerprint density at radius 3 is 3.04 bits per heavy atom. The lowest BCUT2D eigenvalue weighted by Gasteiger charge is -2.05. The molecule has 0 radical (unpaired) electrons. The van der Waals surface area contributed by atoms with Crippen LogP contribution < -0.4 is 5.69 Å². The van der Waals surface area contributed by atoms with Crippen LogP contribution in [0.1, 0.15) is 6.42 Å². The van der Waals surface area contributed by atoms with E-state index < -0.39 is 0 Å². The quantitative estimate of drug-likeness (QED) is 0.450. The third kappa shape index (κ3) is 3.62. The second kappa shape index (κ2) is 7.42. The van der Waals surface area contributed by atoms with Crippen LogP contribution in [0.4, 0.5) is 0 Å². The minimum Gasteiger partial charge on any atom is -0.385 e. The maximum absolute atomic E-state index is 12.2. The Balaban J connectivity index is 1.60. The molecule has 8 nitrogen and oxygen atoms in total. The molecule has 0 aliphatic heterocycles. The van der Waals surface area contributed by atoms with Crippen LogP contribution in [-0.2, 0) is 17.8 Å². The molecule has 0 N–H and O–H groups in total. The number of rotatable bonds is 8. The van der Waals surface area contributed by atoms with E-state index in [-0.39, 0.29) is 5.69 Å². The number of aromatic nitrogens is 6. The summed E-state index contributed by atoms with van der Waals surface area (Å²) in [5, 5.41) is 13.2. The van der Waals surface area contributed by atoms with E-state index in [1.807, 2.05) is 22.8 Å². The van der Waals surface area contributed by atoms with Crippen LogP contribution in [0.2, 0.25) is 0 Å². The van der Waals surface area contributed by atoms with Crippen molar-refractivity contribution < 1.29 is 4.74 Å². The summed E-state index contributed by atoms with van der Waals surface area (Å²) in [7, 11) is 1.69. The summed E-state index contributed by atoms with van der Waals surface area (Å²) >= 11 is 1.56. The number of thioether (sulfide) groups is 1. The van der Waals surface area contributed by atoms with Gasteiger partial charge in [-0.3, -0.25) is 4.40 Å². The third-order valence-corrected chi connectivity index (χ3v) is 4.31. The fraction of sp³-hybridized carbons (Fsp3) is 0.429. The lowest BCUT2D eigenvalue weighted by atomic mass is 10.4. The van der Waals surface area contributed by atoms with Gasteiger partial charge in [0.1, 0.15) is 6.33 Å². The molecule has 9 heteroatoms. The van der Waals surface area contributed by atoms with Crippen molar-refractivity contribution in [1.82, 2.24) is 28.9 Å². The summed E-state index contributed by atoms with van der Waals surface area (Å²) in [4.78, 5) is 12.2. The summed E-state index contributed by atoms with van der Waals surface area (Å²) in [6, 6.07) is 5.50. The van der Waals surface area contributed by atoms with Crippen LogP contribution in [0.25, 0.3) is 5.65 Å². The molecule has 3 heterocycles. The molecular formula is C14H18N6O2S. The maximum atomic E-state index is 12.2. The van der Waals surface area contributed by atoms with E-state index in [1.54, 1.807) is 31.4 Å². The highest BCUT2D eigenvalue weighted by Crippen LogP contribution is 2.15. The van der Waals surface area contributed by atoms with E-state index >= 15 is 0 Å². The molecule has 122 valence electrons. The number of fused-ring (bicyclic) bond motifs is 1. The van der Waals surface area contributed by atoms with Crippen LogP contribution in [0.5, 0.6) is 0 Å². The monoisotopic (exact) mass is 334 g/mol. The van der Waals surface area contributed by atoms with Gasteiger partial charge in [0.25, 0.3) is 0 Å². The molecule has 0 unspecified atom stereocenters. The zero-order valence-corrected chi connectivity index (χ0v) is 13.6. The van der Waals surface area contributed by atoms with E-state index in [0.717, 1.165) is 18.1 Å². The predicted molar refractivity (Wildman–Crippen MR) is 86.7 cm³/mol. The van der Waals surface area contributed by atoms with Crippen molar-refractivity contribution in [2.45, 2.75) is 24.7 Å². The average molecular weight is 334 g/mol. The normalized spacial score (nSPS) is 11.3. The molecule has 0 bridgehead atoms. The summed E-state index contributed by atoms with van der Waals surface area (Å²) in [5.41, 5.74) is 0.535. The zero-order chi connectivity index (χ0) is 16.1. The van der Waals surface area contributed by atoms with Gasteiger partial charge < -0.3 is 9.30 Å². The minimum atomic E-state index is -0.122. The number of aryl methyl sites for hydroxylation is 2. The summed E-state index contributed by atoms with van der Waals surface area (Å²) in [6.07, 6.45) is 4.35. The molecule has 0 aliphatic carbocycles. The second-order valence-corrected chi connectivity index (χ2v) is 6.00. The Morgan fingerprint density at radius 2 is 2.22 bits per heavy atom. The highest BCUT2D eigenvalue weighted by atomic mass is 32.2. The Kier molecular flexibility index (Phi) is 5.09. The SMILES string of the molecule is COCCCn1cnnc1SCCn1nc2ccccn2c1=O. The van der Waals surface area contributed by atoms with Crippen LogP contribution in [-0.4, -0.2) is 48.4 Å². The molecule has 0 atom stereocenters. The van der Waals surface area contributed by atoms with E-state index in [0.29, 0.717) is 24.6 Å². The number of pyridine rings is 1.